The molecule has 0 atom stereocenters. The highest BCUT2D eigenvalue weighted by Crippen LogP contribution is 2.48. The molecule has 55 heavy (non-hydrogen) atoms. The first-order valence-corrected chi connectivity index (χ1v) is 19.2. The second-order valence-corrected chi connectivity index (χ2v) is 14.8. The molecule has 2 nitrogen and oxygen atoms in total. The molecule has 1 aliphatic rings. The fraction of sp³-hybridized carbons (Fsp3) is 0.0943. The Morgan fingerprint density at radius 3 is 1.15 bits per heavy atom. The summed E-state index contributed by atoms with van der Waals surface area (Å²) in [5.74, 6) is 0.709. The fourth-order valence-corrected chi connectivity index (χ4v) is 8.40. The molecule has 0 spiro atoms. The molecule has 0 heterocycles. The van der Waals surface area contributed by atoms with Crippen molar-refractivity contribution in [3.05, 3.63) is 238 Å². The molecule has 0 saturated heterocycles. The molecule has 2 heteroatoms. The molecule has 8 aromatic carbocycles. The normalized spacial score (nSPS) is 11.6. The predicted octanol–water partition coefficient (Wildman–Crippen LogP) is 12.4. The first kappa shape index (κ1) is 34.1. The van der Waals surface area contributed by atoms with Gasteiger partial charge in [-0.2, -0.15) is 0 Å². The summed E-state index contributed by atoms with van der Waals surface area (Å²) in [5.41, 5.74) is 17.9. The average Bonchev–Trinajstić information content (AvgIpc) is 3.61. The minimum atomic E-state index is 0.353. The predicted molar refractivity (Wildman–Crippen MR) is 226 cm³/mol. The van der Waals surface area contributed by atoms with Crippen LogP contribution in [0.2, 0.25) is 0 Å². The van der Waals surface area contributed by atoms with Crippen LogP contribution in [0, 0.1) is 0 Å². The summed E-state index contributed by atoms with van der Waals surface area (Å²) < 4.78 is 0. The Morgan fingerprint density at radius 1 is 0.345 bits per heavy atom. The number of rotatable bonds is 10. The average molecular weight is 711 g/mol. The van der Waals surface area contributed by atoms with E-state index >= 15 is 0 Å². The van der Waals surface area contributed by atoms with E-state index in [2.05, 4.69) is 158 Å². The van der Waals surface area contributed by atoms with Gasteiger partial charge in [0, 0.05) is 25.7 Å². The van der Waals surface area contributed by atoms with Gasteiger partial charge in [-0.15, -0.1) is 0 Å². The van der Waals surface area contributed by atoms with E-state index in [0.717, 1.165) is 67.6 Å². The molecule has 0 bridgehead atoms. The highest BCUT2D eigenvalue weighted by molar-refractivity contribution is 5.94. The van der Waals surface area contributed by atoms with Crippen molar-refractivity contribution >= 4 is 0 Å². The van der Waals surface area contributed by atoms with Crippen molar-refractivity contribution in [3.8, 4) is 44.9 Å². The molecule has 0 unspecified atom stereocenters. The van der Waals surface area contributed by atoms with E-state index in [-0.39, 0.29) is 0 Å². The van der Waals surface area contributed by atoms with Crippen LogP contribution in [0.25, 0.3) is 33.4 Å². The lowest BCUT2D eigenvalue weighted by molar-refractivity contribution is 0.463. The van der Waals surface area contributed by atoms with Crippen molar-refractivity contribution in [1.82, 2.24) is 0 Å². The van der Waals surface area contributed by atoms with Crippen molar-refractivity contribution in [2.45, 2.75) is 32.1 Å². The number of benzene rings is 8. The van der Waals surface area contributed by atoms with E-state index in [1.54, 1.807) is 0 Å². The van der Waals surface area contributed by atoms with Gasteiger partial charge in [0.05, 0.1) is 0 Å². The number of aromatic hydroxyl groups is 2. The molecular weight excluding hydrogens is 669 g/mol. The van der Waals surface area contributed by atoms with Crippen LogP contribution in [0.5, 0.6) is 11.5 Å². The summed E-state index contributed by atoms with van der Waals surface area (Å²) >= 11 is 0. The highest BCUT2D eigenvalue weighted by Gasteiger charge is 2.26. The minimum Gasteiger partial charge on any atom is -0.507 e. The monoisotopic (exact) mass is 710 g/mol. The maximum absolute atomic E-state index is 12.0. The van der Waals surface area contributed by atoms with Crippen molar-refractivity contribution in [2.24, 2.45) is 0 Å². The Labute approximate surface area is 323 Å². The van der Waals surface area contributed by atoms with Gasteiger partial charge < -0.3 is 10.2 Å². The molecule has 1 aliphatic carbocycles. The fourth-order valence-electron chi connectivity index (χ4n) is 8.40. The van der Waals surface area contributed by atoms with E-state index in [0.29, 0.717) is 37.2 Å². The van der Waals surface area contributed by atoms with E-state index in [1.807, 2.05) is 24.3 Å². The van der Waals surface area contributed by atoms with Gasteiger partial charge in [0.25, 0.3) is 0 Å². The lowest BCUT2D eigenvalue weighted by atomic mass is 9.84. The van der Waals surface area contributed by atoms with Crippen LogP contribution >= 0.6 is 0 Å². The molecule has 0 amide bonds. The molecule has 8 aromatic rings. The summed E-state index contributed by atoms with van der Waals surface area (Å²) in [6.07, 6.45) is 3.30. The maximum Gasteiger partial charge on any atom is 0.122 e. The third kappa shape index (κ3) is 7.07. The van der Waals surface area contributed by atoms with Gasteiger partial charge >= 0.3 is 0 Å². The van der Waals surface area contributed by atoms with Crippen LogP contribution in [0.4, 0.5) is 0 Å². The molecule has 0 fully saturated rings. The smallest absolute Gasteiger partial charge is 0.122 e. The third-order valence-electron chi connectivity index (χ3n) is 11.1. The van der Waals surface area contributed by atoms with Crippen LogP contribution in [0.3, 0.4) is 0 Å². The molecular formula is C53H42O2. The zero-order valence-corrected chi connectivity index (χ0v) is 30.8. The summed E-state index contributed by atoms with van der Waals surface area (Å²) in [6.45, 7) is 0. The SMILES string of the molecule is Oc1c(Cc2ccccc2)cc(-c2ccc3c(c2-c2cc(Cc4ccccc4)c(O)c(Cc4ccccc4)c2)Cc2ccccc2-3)cc1Cc1ccccc1. The van der Waals surface area contributed by atoms with Crippen molar-refractivity contribution in [2.75, 3.05) is 0 Å². The Balaban J connectivity index is 1.28. The first-order chi connectivity index (χ1) is 27.1. The summed E-state index contributed by atoms with van der Waals surface area (Å²) in [5, 5.41) is 23.9. The lowest BCUT2D eigenvalue weighted by Gasteiger charge is -2.21. The Morgan fingerprint density at radius 2 is 0.709 bits per heavy atom. The molecule has 9 rings (SSSR count). The minimum absolute atomic E-state index is 0.353. The van der Waals surface area contributed by atoms with Crippen LogP contribution in [0.15, 0.2) is 182 Å². The summed E-state index contributed by atoms with van der Waals surface area (Å²) in [7, 11) is 0. The zero-order chi connectivity index (χ0) is 37.1. The highest BCUT2D eigenvalue weighted by atomic mass is 16.3. The van der Waals surface area contributed by atoms with Crippen LogP contribution in [0.1, 0.15) is 55.6 Å². The summed E-state index contributed by atoms with van der Waals surface area (Å²) in [6, 6.07) is 63.8. The number of hydrogen-bond acceptors (Lipinski definition) is 2. The number of phenolic OH excluding ortho intramolecular Hbond substituents is 2. The first-order valence-electron chi connectivity index (χ1n) is 19.2. The molecule has 0 aliphatic heterocycles. The van der Waals surface area contributed by atoms with Crippen molar-refractivity contribution < 1.29 is 10.2 Å². The van der Waals surface area contributed by atoms with Gasteiger partial charge in [-0.1, -0.05) is 158 Å². The second-order valence-electron chi connectivity index (χ2n) is 14.8. The third-order valence-corrected chi connectivity index (χ3v) is 11.1. The standard InChI is InChI=1S/C53H42O2/c54-52-43(27-36-15-5-1-6-16-36)31-41(32-44(52)28-37-17-7-2-8-18-37)48-25-26-49-47-24-14-13-23-40(47)35-50(49)51(48)42-33-45(29-38-19-9-3-10-20-38)53(55)46(34-42)30-39-21-11-4-12-22-39/h1-26,31-34,54-55H,27-30,35H2. The largest absolute Gasteiger partial charge is 0.507 e. The number of fused-ring (bicyclic) bond motifs is 3. The second kappa shape index (κ2) is 15.0. The van der Waals surface area contributed by atoms with Crippen LogP contribution < -0.4 is 0 Å². The van der Waals surface area contributed by atoms with Crippen molar-refractivity contribution in [3.63, 3.8) is 0 Å². The van der Waals surface area contributed by atoms with E-state index < -0.39 is 0 Å². The Hall–Kier alpha value is -6.64. The van der Waals surface area contributed by atoms with Crippen LogP contribution in [-0.2, 0) is 32.1 Å². The van der Waals surface area contributed by atoms with Gasteiger partial charge in [-0.25, -0.2) is 0 Å². The van der Waals surface area contributed by atoms with Crippen LogP contribution in [-0.4, -0.2) is 10.2 Å². The molecule has 0 radical (unpaired) electrons. The molecule has 0 aromatic heterocycles. The zero-order valence-electron chi connectivity index (χ0n) is 30.8. The molecule has 266 valence electrons. The Bertz CT molecular complexity index is 2480. The Kier molecular flexibility index (Phi) is 9.32. The lowest BCUT2D eigenvalue weighted by Crippen LogP contribution is -2.01. The van der Waals surface area contributed by atoms with Gasteiger partial charge in [0.2, 0.25) is 0 Å². The maximum atomic E-state index is 12.0. The van der Waals surface area contributed by atoms with E-state index in [9.17, 15) is 10.2 Å². The van der Waals surface area contributed by atoms with Crippen molar-refractivity contribution in [1.29, 1.82) is 0 Å². The van der Waals surface area contributed by atoms with Gasteiger partial charge in [-0.3, -0.25) is 0 Å². The van der Waals surface area contributed by atoms with Gasteiger partial charge in [0.1, 0.15) is 11.5 Å². The summed E-state index contributed by atoms with van der Waals surface area (Å²) in [4.78, 5) is 0. The molecule has 0 saturated carbocycles. The van der Waals surface area contributed by atoms with Gasteiger partial charge in [0.15, 0.2) is 0 Å². The van der Waals surface area contributed by atoms with E-state index in [1.165, 1.54) is 27.8 Å². The number of hydrogen-bond donors (Lipinski definition) is 2. The quantitative estimate of drug-likeness (QED) is 0.148. The van der Waals surface area contributed by atoms with Gasteiger partial charge in [-0.05, 0) is 120 Å². The topological polar surface area (TPSA) is 40.5 Å². The van der Waals surface area contributed by atoms with E-state index in [4.69, 9.17) is 0 Å². The number of phenols is 2. The molecule has 2 N–H and O–H groups in total.